The standard InChI is InChI=1S/C23H28N4O7S/c1-15-6-8-17(9-7-15)35(32,33)25-12-18-23(31,14-25)19(34-22(30)24-16-4-2-3-5-16)13-26-20(28)10-11-21(29)27(18)26/h6-11,16,18-19,31H,2-5,12-14H2,1H3,(H,24,30)/t18-,19+,23-/m1/s1. The first-order chi connectivity index (χ1) is 16.6. The van der Waals surface area contributed by atoms with Gasteiger partial charge in [0.15, 0.2) is 6.10 Å². The zero-order chi connectivity index (χ0) is 25.0. The Morgan fingerprint density at radius 1 is 1.06 bits per heavy atom. The molecule has 1 aliphatic carbocycles. The van der Waals surface area contributed by atoms with Crippen LogP contribution in [0.3, 0.4) is 0 Å². The van der Waals surface area contributed by atoms with E-state index in [1.807, 2.05) is 6.92 Å². The number of fused-ring (bicyclic) bond motifs is 3. The van der Waals surface area contributed by atoms with Crippen LogP contribution in [-0.4, -0.2) is 64.1 Å². The minimum absolute atomic E-state index is 0.0313. The second-order valence-corrected chi connectivity index (χ2v) is 11.5. The molecular weight excluding hydrogens is 476 g/mol. The smallest absolute Gasteiger partial charge is 0.407 e. The lowest BCUT2D eigenvalue weighted by Gasteiger charge is -2.42. The number of aromatic nitrogens is 2. The molecule has 11 nitrogen and oxygen atoms in total. The van der Waals surface area contributed by atoms with Gasteiger partial charge in [0.2, 0.25) is 10.0 Å². The molecule has 2 fully saturated rings. The summed E-state index contributed by atoms with van der Waals surface area (Å²) in [7, 11) is -4.03. The summed E-state index contributed by atoms with van der Waals surface area (Å²) >= 11 is 0. The lowest BCUT2D eigenvalue weighted by atomic mass is 9.89. The Morgan fingerprint density at radius 3 is 2.40 bits per heavy atom. The molecule has 1 saturated carbocycles. The lowest BCUT2D eigenvalue weighted by Crippen LogP contribution is -2.63. The van der Waals surface area contributed by atoms with E-state index in [0.29, 0.717) is 0 Å². The summed E-state index contributed by atoms with van der Waals surface area (Å²) in [6.07, 6.45) is 1.66. The van der Waals surface area contributed by atoms with E-state index in [-0.39, 0.29) is 24.0 Å². The number of benzene rings is 1. The van der Waals surface area contributed by atoms with E-state index in [1.165, 1.54) is 12.1 Å². The Morgan fingerprint density at radius 2 is 1.71 bits per heavy atom. The van der Waals surface area contributed by atoms with Crippen molar-refractivity contribution in [2.45, 2.75) is 67.8 Å². The largest absolute Gasteiger partial charge is 0.441 e. The first kappa shape index (κ1) is 23.8. The van der Waals surface area contributed by atoms with E-state index in [1.54, 1.807) is 12.1 Å². The molecule has 1 saturated heterocycles. The van der Waals surface area contributed by atoms with Gasteiger partial charge < -0.3 is 15.2 Å². The number of nitrogens with one attached hydrogen (secondary N) is 1. The summed E-state index contributed by atoms with van der Waals surface area (Å²) in [5.41, 5.74) is -2.10. The SMILES string of the molecule is Cc1ccc(S(=O)(=O)N2C[C@H]3n4c(=O)ccc(=O)n4C[C@H](OC(=O)NC4CCCC4)[C@@]3(O)C2)cc1. The molecule has 1 amide bonds. The molecule has 5 rings (SSSR count). The Hall–Kier alpha value is -2.96. The maximum atomic E-state index is 13.4. The van der Waals surface area contributed by atoms with Crippen molar-refractivity contribution in [3.63, 3.8) is 0 Å². The van der Waals surface area contributed by atoms with Crippen LogP contribution in [0, 0.1) is 6.92 Å². The summed E-state index contributed by atoms with van der Waals surface area (Å²) in [5.74, 6) is 0. The third-order valence-corrected chi connectivity index (χ3v) is 9.09. The van der Waals surface area contributed by atoms with Gasteiger partial charge in [0, 0.05) is 31.3 Å². The van der Waals surface area contributed by atoms with E-state index < -0.39 is 51.5 Å². The van der Waals surface area contributed by atoms with Crippen molar-refractivity contribution in [3.05, 3.63) is 62.7 Å². The van der Waals surface area contributed by atoms with Gasteiger partial charge in [-0.3, -0.25) is 9.59 Å². The first-order valence-electron chi connectivity index (χ1n) is 11.7. The molecule has 12 heteroatoms. The highest BCUT2D eigenvalue weighted by Gasteiger charge is 2.59. The number of carbonyl (C=O) groups is 1. The zero-order valence-electron chi connectivity index (χ0n) is 19.3. The van der Waals surface area contributed by atoms with Crippen LogP contribution in [0.1, 0.15) is 37.3 Å². The molecule has 0 radical (unpaired) electrons. The van der Waals surface area contributed by atoms with Gasteiger partial charge in [-0.15, -0.1) is 0 Å². The maximum absolute atomic E-state index is 13.4. The average Bonchev–Trinajstić information content (AvgIpc) is 3.45. The van der Waals surface area contributed by atoms with Crippen LogP contribution in [0.2, 0.25) is 0 Å². The molecular formula is C23H28N4O7S. The third kappa shape index (κ3) is 4.09. The van der Waals surface area contributed by atoms with Crippen LogP contribution in [0.15, 0.2) is 50.9 Å². The highest BCUT2D eigenvalue weighted by atomic mass is 32.2. The number of rotatable bonds is 4. The summed E-state index contributed by atoms with van der Waals surface area (Å²) in [5, 5.41) is 14.6. The number of ether oxygens (including phenoxy) is 1. The van der Waals surface area contributed by atoms with E-state index in [0.717, 1.165) is 57.0 Å². The van der Waals surface area contributed by atoms with E-state index >= 15 is 0 Å². The van der Waals surface area contributed by atoms with Crippen LogP contribution in [-0.2, 0) is 21.3 Å². The van der Waals surface area contributed by atoms with Gasteiger partial charge in [-0.1, -0.05) is 30.5 Å². The van der Waals surface area contributed by atoms with Crippen molar-refractivity contribution in [1.29, 1.82) is 0 Å². The summed E-state index contributed by atoms with van der Waals surface area (Å²) < 4.78 is 35.7. The normalized spacial score (nSPS) is 26.8. The lowest BCUT2D eigenvalue weighted by molar-refractivity contribution is -0.124. The molecule has 188 valence electrons. The fourth-order valence-electron chi connectivity index (χ4n) is 5.34. The van der Waals surface area contributed by atoms with Gasteiger partial charge >= 0.3 is 6.09 Å². The number of carbonyl (C=O) groups excluding carboxylic acids is 1. The number of sulfonamides is 1. The van der Waals surface area contributed by atoms with E-state index in [4.69, 9.17) is 4.74 Å². The fraction of sp³-hybridized carbons (Fsp3) is 0.522. The molecule has 35 heavy (non-hydrogen) atoms. The molecule has 1 aromatic carbocycles. The van der Waals surface area contributed by atoms with Gasteiger partial charge in [0.1, 0.15) is 11.6 Å². The highest BCUT2D eigenvalue weighted by molar-refractivity contribution is 7.89. The van der Waals surface area contributed by atoms with Gasteiger partial charge in [-0.05, 0) is 31.9 Å². The Bertz CT molecular complexity index is 1360. The second kappa shape index (κ2) is 8.61. The number of hydrogen-bond donors (Lipinski definition) is 2. The topological polar surface area (TPSA) is 140 Å². The number of amides is 1. The Labute approximate surface area is 202 Å². The van der Waals surface area contributed by atoms with Crippen LogP contribution in [0.4, 0.5) is 4.79 Å². The molecule has 0 spiro atoms. The van der Waals surface area contributed by atoms with Crippen LogP contribution < -0.4 is 16.4 Å². The molecule has 2 N–H and O–H groups in total. The summed E-state index contributed by atoms with van der Waals surface area (Å²) in [4.78, 5) is 38.0. The van der Waals surface area contributed by atoms with E-state index in [9.17, 15) is 27.9 Å². The zero-order valence-corrected chi connectivity index (χ0v) is 20.1. The first-order valence-corrected chi connectivity index (χ1v) is 13.1. The van der Waals surface area contributed by atoms with Crippen molar-refractivity contribution >= 4 is 16.1 Å². The quantitative estimate of drug-likeness (QED) is 0.612. The molecule has 3 heterocycles. The van der Waals surface area contributed by atoms with Crippen molar-refractivity contribution in [1.82, 2.24) is 19.0 Å². The van der Waals surface area contributed by atoms with Crippen molar-refractivity contribution in [2.75, 3.05) is 13.1 Å². The number of aliphatic hydroxyl groups is 1. The fourth-order valence-corrected chi connectivity index (χ4v) is 6.83. The van der Waals surface area contributed by atoms with Crippen LogP contribution in [0.5, 0.6) is 0 Å². The summed E-state index contributed by atoms with van der Waals surface area (Å²) in [6, 6.07) is 7.33. The molecule has 3 atom stereocenters. The number of nitrogens with zero attached hydrogens (tertiary/aromatic N) is 3. The predicted octanol–water partition coefficient (Wildman–Crippen LogP) is 0.346. The van der Waals surface area contributed by atoms with Crippen molar-refractivity contribution in [2.24, 2.45) is 0 Å². The number of β-amino-alcohol motifs (C(OH)–C–C–N with tert-alkyl or cyclic N) is 1. The van der Waals surface area contributed by atoms with Crippen LogP contribution >= 0.6 is 0 Å². The molecule has 3 aliphatic rings. The second-order valence-electron chi connectivity index (χ2n) is 9.57. The third-order valence-electron chi connectivity index (χ3n) is 7.27. The van der Waals surface area contributed by atoms with E-state index in [2.05, 4.69) is 5.32 Å². The van der Waals surface area contributed by atoms with Gasteiger partial charge in [0.25, 0.3) is 11.1 Å². The molecule has 2 aliphatic heterocycles. The van der Waals surface area contributed by atoms with Gasteiger partial charge in [0.05, 0.1) is 11.4 Å². The molecule has 0 unspecified atom stereocenters. The minimum Gasteiger partial charge on any atom is -0.441 e. The molecule has 1 aromatic heterocycles. The maximum Gasteiger partial charge on any atom is 0.407 e. The number of hydrogen-bond acceptors (Lipinski definition) is 7. The van der Waals surface area contributed by atoms with Crippen LogP contribution in [0.25, 0.3) is 0 Å². The average molecular weight is 505 g/mol. The van der Waals surface area contributed by atoms with Crippen molar-refractivity contribution < 1.29 is 23.1 Å². The van der Waals surface area contributed by atoms with Crippen molar-refractivity contribution in [3.8, 4) is 0 Å². The molecule has 0 bridgehead atoms. The number of aryl methyl sites for hydroxylation is 1. The Kier molecular flexibility index (Phi) is 5.85. The van der Waals surface area contributed by atoms with Gasteiger partial charge in [-0.2, -0.15) is 4.31 Å². The van der Waals surface area contributed by atoms with Gasteiger partial charge in [-0.25, -0.2) is 22.6 Å². The number of alkyl carbamates (subject to hydrolysis) is 1. The summed E-state index contributed by atoms with van der Waals surface area (Å²) in [6.45, 7) is 0.895. The monoisotopic (exact) mass is 504 g/mol. The highest BCUT2D eigenvalue weighted by Crippen LogP contribution is 2.40. The molecule has 2 aromatic rings. The minimum atomic E-state index is -4.03. The predicted molar refractivity (Wildman–Crippen MR) is 125 cm³/mol. The Balaban J connectivity index is 1.51.